The van der Waals surface area contributed by atoms with Crippen LogP contribution in [0.2, 0.25) is 0 Å². The molecule has 0 spiro atoms. The molecule has 0 aliphatic heterocycles. The second-order valence-electron chi connectivity index (χ2n) is 8.29. The third-order valence-corrected chi connectivity index (χ3v) is 5.76. The van der Waals surface area contributed by atoms with Gasteiger partial charge in [0.05, 0.1) is 0 Å². The second kappa shape index (κ2) is 4.21. The van der Waals surface area contributed by atoms with Crippen molar-refractivity contribution in [3.8, 4) is 0 Å². The third kappa shape index (κ3) is 2.10. The van der Waals surface area contributed by atoms with Gasteiger partial charge in [0.15, 0.2) is 0 Å². The fourth-order valence-corrected chi connectivity index (χ4v) is 6.30. The summed E-state index contributed by atoms with van der Waals surface area (Å²) in [7, 11) is 0. The molecule has 4 rings (SSSR count). The van der Waals surface area contributed by atoms with Crippen molar-refractivity contribution in [3.05, 3.63) is 0 Å². The van der Waals surface area contributed by atoms with E-state index in [2.05, 4.69) is 26.2 Å². The molecule has 4 fully saturated rings. The average molecular weight is 263 g/mol. The highest BCUT2D eigenvalue weighted by molar-refractivity contribution is 5.88. The molecule has 4 aliphatic carbocycles. The largest absolute Gasteiger partial charge is 0.312 e. The summed E-state index contributed by atoms with van der Waals surface area (Å²) in [6.07, 6.45) is 9.25. The number of hydrazine groups is 1. The molecule has 0 aromatic heterocycles. The van der Waals surface area contributed by atoms with Gasteiger partial charge in [0.25, 0.3) is 0 Å². The molecule has 4 saturated carbocycles. The Balaban J connectivity index is 1.95. The number of rotatable bonds is 3. The van der Waals surface area contributed by atoms with Gasteiger partial charge in [0, 0.05) is 12.0 Å². The number of nitrogens with zero attached hydrogens (tertiary/aromatic N) is 1. The first-order valence-corrected chi connectivity index (χ1v) is 7.94. The molecule has 0 heterocycles. The minimum atomic E-state index is 0.257. The van der Waals surface area contributed by atoms with Crippen LogP contribution in [-0.4, -0.2) is 12.4 Å². The van der Waals surface area contributed by atoms with E-state index in [1.54, 1.807) is 0 Å². The summed E-state index contributed by atoms with van der Waals surface area (Å²) >= 11 is 0. The van der Waals surface area contributed by atoms with Gasteiger partial charge in [-0.1, -0.05) is 20.8 Å². The molecule has 2 unspecified atom stereocenters. The normalized spacial score (nSPS) is 48.6. The molecule has 0 aromatic carbocycles. The van der Waals surface area contributed by atoms with Crippen LogP contribution in [0.15, 0.2) is 4.99 Å². The van der Waals surface area contributed by atoms with Crippen molar-refractivity contribution in [1.82, 2.24) is 5.43 Å². The fraction of sp³-hybridized carbons (Fsp3) is 0.938. The summed E-state index contributed by atoms with van der Waals surface area (Å²) < 4.78 is 0. The third-order valence-electron chi connectivity index (χ3n) is 5.76. The van der Waals surface area contributed by atoms with Crippen LogP contribution < -0.4 is 11.3 Å². The zero-order chi connectivity index (χ0) is 13.7. The van der Waals surface area contributed by atoms with E-state index in [0.717, 1.165) is 24.7 Å². The second-order valence-corrected chi connectivity index (χ2v) is 8.29. The SMILES string of the molecule is CCCN=C(NN)C12CC3CC(C)(CC(C)(C3)C1)C2. The van der Waals surface area contributed by atoms with Crippen molar-refractivity contribution in [2.24, 2.45) is 33.0 Å². The first kappa shape index (κ1) is 13.4. The molecule has 3 heteroatoms. The Hall–Kier alpha value is -0.570. The first-order chi connectivity index (χ1) is 8.93. The van der Waals surface area contributed by atoms with Crippen LogP contribution in [0.5, 0.6) is 0 Å². The van der Waals surface area contributed by atoms with E-state index in [1.165, 1.54) is 38.5 Å². The lowest BCUT2D eigenvalue weighted by atomic mass is 9.40. The molecular weight excluding hydrogens is 234 g/mol. The van der Waals surface area contributed by atoms with E-state index in [1.807, 2.05) is 0 Å². The summed E-state index contributed by atoms with van der Waals surface area (Å²) in [6, 6.07) is 0. The van der Waals surface area contributed by atoms with E-state index < -0.39 is 0 Å². The fourth-order valence-electron chi connectivity index (χ4n) is 6.30. The highest BCUT2D eigenvalue weighted by Gasteiger charge is 2.61. The maximum atomic E-state index is 5.84. The highest BCUT2D eigenvalue weighted by Crippen LogP contribution is 2.69. The van der Waals surface area contributed by atoms with Gasteiger partial charge in [-0.3, -0.25) is 4.99 Å². The topological polar surface area (TPSA) is 50.4 Å². The Bertz CT molecular complexity index is 383. The van der Waals surface area contributed by atoms with Crippen molar-refractivity contribution in [2.75, 3.05) is 6.54 Å². The molecule has 0 amide bonds. The first-order valence-electron chi connectivity index (χ1n) is 7.94. The Labute approximate surface area is 117 Å². The Kier molecular flexibility index (Phi) is 2.97. The lowest BCUT2D eigenvalue weighted by Crippen LogP contribution is -2.60. The van der Waals surface area contributed by atoms with Crippen LogP contribution in [0.25, 0.3) is 0 Å². The minimum Gasteiger partial charge on any atom is -0.312 e. The van der Waals surface area contributed by atoms with Gasteiger partial charge in [-0.05, 0) is 61.7 Å². The highest BCUT2D eigenvalue weighted by atomic mass is 15.3. The van der Waals surface area contributed by atoms with E-state index in [4.69, 9.17) is 10.8 Å². The molecule has 108 valence electrons. The van der Waals surface area contributed by atoms with Crippen LogP contribution >= 0.6 is 0 Å². The standard InChI is InChI=1S/C16H29N3/c1-4-5-18-13(19-17)16-8-12-6-14(2,10-16)9-15(3,7-12)11-16/h12H,4-11,17H2,1-3H3,(H,18,19). The maximum absolute atomic E-state index is 5.84. The molecule has 3 N–H and O–H groups in total. The lowest BCUT2D eigenvalue weighted by molar-refractivity contribution is -0.117. The number of hydrogen-bond donors (Lipinski definition) is 2. The van der Waals surface area contributed by atoms with Gasteiger partial charge in [-0.25, -0.2) is 5.84 Å². The number of nitrogens with one attached hydrogen (secondary N) is 1. The lowest BCUT2D eigenvalue weighted by Gasteiger charge is -2.65. The van der Waals surface area contributed by atoms with Gasteiger partial charge in [0.2, 0.25) is 0 Å². The molecule has 4 aliphatic rings. The zero-order valence-corrected chi connectivity index (χ0v) is 12.8. The molecule has 19 heavy (non-hydrogen) atoms. The van der Waals surface area contributed by atoms with E-state index >= 15 is 0 Å². The number of amidine groups is 1. The van der Waals surface area contributed by atoms with Crippen molar-refractivity contribution in [1.29, 1.82) is 0 Å². The van der Waals surface area contributed by atoms with Gasteiger partial charge in [-0.15, -0.1) is 0 Å². The molecular formula is C16H29N3. The number of hydrogen-bond acceptors (Lipinski definition) is 2. The summed E-state index contributed by atoms with van der Waals surface area (Å²) in [4.78, 5) is 4.79. The Morgan fingerprint density at radius 2 is 1.79 bits per heavy atom. The molecule has 0 aromatic rings. The summed E-state index contributed by atoms with van der Waals surface area (Å²) in [5, 5.41) is 0. The van der Waals surface area contributed by atoms with Crippen LogP contribution in [0.3, 0.4) is 0 Å². The summed E-state index contributed by atoms with van der Waals surface area (Å²) in [6.45, 7) is 8.08. The number of aliphatic imine (C=N–C) groups is 1. The van der Waals surface area contributed by atoms with E-state index in [0.29, 0.717) is 10.8 Å². The molecule has 0 radical (unpaired) electrons. The predicted molar refractivity (Wildman–Crippen MR) is 79.8 cm³/mol. The zero-order valence-electron chi connectivity index (χ0n) is 12.8. The molecule has 3 nitrogen and oxygen atoms in total. The van der Waals surface area contributed by atoms with Crippen LogP contribution in [0.1, 0.15) is 65.7 Å². The van der Waals surface area contributed by atoms with E-state index in [-0.39, 0.29) is 5.41 Å². The average Bonchev–Trinajstić information content (AvgIpc) is 2.24. The summed E-state index contributed by atoms with van der Waals surface area (Å²) in [5.74, 6) is 7.84. The van der Waals surface area contributed by atoms with Gasteiger partial charge in [-0.2, -0.15) is 0 Å². The van der Waals surface area contributed by atoms with Crippen LogP contribution in [0, 0.1) is 22.2 Å². The van der Waals surface area contributed by atoms with Crippen molar-refractivity contribution >= 4 is 5.84 Å². The molecule has 0 saturated heterocycles. The number of nitrogens with two attached hydrogens (primary N) is 1. The molecule has 2 atom stereocenters. The summed E-state index contributed by atoms with van der Waals surface area (Å²) in [5.41, 5.74) is 4.29. The quantitative estimate of drug-likeness (QED) is 0.355. The predicted octanol–water partition coefficient (Wildman–Crippen LogP) is 3.25. The minimum absolute atomic E-state index is 0.257. The smallest absolute Gasteiger partial charge is 0.117 e. The van der Waals surface area contributed by atoms with Gasteiger partial charge in [0.1, 0.15) is 5.84 Å². The Morgan fingerprint density at radius 1 is 1.16 bits per heavy atom. The molecule has 4 bridgehead atoms. The monoisotopic (exact) mass is 263 g/mol. The van der Waals surface area contributed by atoms with Gasteiger partial charge < -0.3 is 5.43 Å². The van der Waals surface area contributed by atoms with Crippen LogP contribution in [0.4, 0.5) is 0 Å². The van der Waals surface area contributed by atoms with E-state index in [9.17, 15) is 0 Å². The van der Waals surface area contributed by atoms with Crippen molar-refractivity contribution < 1.29 is 0 Å². The van der Waals surface area contributed by atoms with Crippen molar-refractivity contribution in [2.45, 2.75) is 65.7 Å². The Morgan fingerprint density at radius 3 is 2.26 bits per heavy atom. The van der Waals surface area contributed by atoms with Crippen LogP contribution in [-0.2, 0) is 0 Å². The van der Waals surface area contributed by atoms with Gasteiger partial charge >= 0.3 is 0 Å². The van der Waals surface area contributed by atoms with Crippen molar-refractivity contribution in [3.63, 3.8) is 0 Å². The maximum Gasteiger partial charge on any atom is 0.117 e.